The third-order valence-corrected chi connectivity index (χ3v) is 4.97. The lowest BCUT2D eigenvalue weighted by Crippen LogP contribution is -2.06. The number of fused-ring (bicyclic) bond motifs is 1. The van der Waals surface area contributed by atoms with Gasteiger partial charge in [0.05, 0.1) is 0 Å². The summed E-state index contributed by atoms with van der Waals surface area (Å²) in [4.78, 5) is 12.1. The molecule has 3 heteroatoms. The van der Waals surface area contributed by atoms with E-state index < -0.39 is 0 Å². The highest BCUT2D eigenvalue weighted by Crippen LogP contribution is 2.27. The number of benzene rings is 3. The van der Waals surface area contributed by atoms with Crippen molar-refractivity contribution in [3.05, 3.63) is 95.6 Å². The number of aryl methyl sites for hydroxylation is 1. The molecule has 0 saturated heterocycles. The predicted molar refractivity (Wildman–Crippen MR) is 111 cm³/mol. The van der Waals surface area contributed by atoms with Gasteiger partial charge in [0.1, 0.15) is 18.1 Å². The van der Waals surface area contributed by atoms with Crippen LogP contribution in [0.4, 0.5) is 0 Å². The van der Waals surface area contributed by atoms with Crippen LogP contribution in [0.25, 0.3) is 16.9 Å². The lowest BCUT2D eigenvalue weighted by molar-refractivity contribution is -0.114. The molecule has 0 bridgehead atoms. The number of carbonyl (C=O) groups excluding carboxylic acids is 1. The number of ether oxygens (including phenoxy) is 1. The maximum atomic E-state index is 12.1. The van der Waals surface area contributed by atoms with Gasteiger partial charge in [-0.3, -0.25) is 4.79 Å². The summed E-state index contributed by atoms with van der Waals surface area (Å²) in [5.74, 6) is 1.02. The van der Waals surface area contributed by atoms with Crippen molar-refractivity contribution in [3.63, 3.8) is 0 Å². The Kier molecular flexibility index (Phi) is 5.24. The Morgan fingerprint density at radius 2 is 1.68 bits per heavy atom. The zero-order valence-electron chi connectivity index (χ0n) is 15.6. The number of ketones is 1. The van der Waals surface area contributed by atoms with Crippen LogP contribution in [0.1, 0.15) is 29.5 Å². The quantitative estimate of drug-likeness (QED) is 0.657. The Morgan fingerprint density at radius 3 is 2.50 bits per heavy atom. The normalized spacial score (nSPS) is 13.9. The summed E-state index contributed by atoms with van der Waals surface area (Å²) in [7, 11) is 0. The van der Waals surface area contributed by atoms with Gasteiger partial charge >= 0.3 is 0 Å². The molecule has 0 unspecified atom stereocenters. The van der Waals surface area contributed by atoms with Crippen LogP contribution in [0.5, 0.6) is 5.75 Å². The first-order valence-corrected chi connectivity index (χ1v) is 9.53. The van der Waals surface area contributed by atoms with Crippen LogP contribution in [0, 0.1) is 0 Å². The molecule has 140 valence electrons. The van der Waals surface area contributed by atoms with Crippen LogP contribution < -0.4 is 0 Å². The highest BCUT2D eigenvalue weighted by Gasteiger charge is 2.14. The van der Waals surface area contributed by atoms with E-state index in [9.17, 15) is 9.90 Å². The molecule has 4 rings (SSSR count). The minimum atomic E-state index is 0.115. The van der Waals surface area contributed by atoms with E-state index >= 15 is 0 Å². The largest absolute Gasteiger partial charge is 0.508 e. The first-order valence-electron chi connectivity index (χ1n) is 9.53. The number of phenolic OH excluding ortho intramolecular Hbond substituents is 1. The van der Waals surface area contributed by atoms with E-state index in [-0.39, 0.29) is 11.5 Å². The van der Waals surface area contributed by atoms with Crippen LogP contribution in [-0.4, -0.2) is 10.9 Å². The average Bonchev–Trinajstić information content (AvgIpc) is 2.71. The Balaban J connectivity index is 1.52. The zero-order chi connectivity index (χ0) is 19.3. The van der Waals surface area contributed by atoms with Gasteiger partial charge in [0.15, 0.2) is 5.78 Å². The molecular weight excluding hydrogens is 348 g/mol. The third kappa shape index (κ3) is 4.15. The SMILES string of the molecule is O=C1C=C(OCc2ccc(-c3cccc(O)c3)cc2)c2ccccc2CCC1. The van der Waals surface area contributed by atoms with Gasteiger partial charge in [0.2, 0.25) is 0 Å². The van der Waals surface area contributed by atoms with Gasteiger partial charge in [0.25, 0.3) is 0 Å². The van der Waals surface area contributed by atoms with E-state index in [1.165, 1.54) is 5.56 Å². The Labute approximate surface area is 164 Å². The summed E-state index contributed by atoms with van der Waals surface area (Å²) in [6.07, 6.45) is 3.95. The van der Waals surface area contributed by atoms with Gasteiger partial charge in [0, 0.05) is 18.1 Å². The van der Waals surface area contributed by atoms with Gasteiger partial charge in [-0.1, -0.05) is 60.7 Å². The van der Waals surface area contributed by atoms with Crippen molar-refractivity contribution < 1.29 is 14.6 Å². The minimum absolute atomic E-state index is 0.115. The van der Waals surface area contributed by atoms with Crippen LogP contribution in [0.2, 0.25) is 0 Å². The molecular formula is C25H22O3. The van der Waals surface area contributed by atoms with E-state index in [0.717, 1.165) is 35.1 Å². The second kappa shape index (κ2) is 8.13. The molecule has 28 heavy (non-hydrogen) atoms. The predicted octanol–water partition coefficient (Wildman–Crippen LogP) is 5.52. The van der Waals surface area contributed by atoms with E-state index in [1.807, 2.05) is 54.6 Å². The first kappa shape index (κ1) is 18.1. The second-order valence-electron chi connectivity index (χ2n) is 7.02. The van der Waals surface area contributed by atoms with Crippen molar-refractivity contribution in [2.24, 2.45) is 0 Å². The summed E-state index contributed by atoms with van der Waals surface area (Å²) in [5.41, 5.74) is 5.25. The number of rotatable bonds is 4. The molecule has 3 nitrogen and oxygen atoms in total. The summed E-state index contributed by atoms with van der Waals surface area (Å²) < 4.78 is 6.07. The van der Waals surface area contributed by atoms with Crippen LogP contribution in [0.3, 0.4) is 0 Å². The molecule has 1 aliphatic carbocycles. The molecule has 0 aliphatic heterocycles. The van der Waals surface area contributed by atoms with E-state index in [4.69, 9.17) is 4.74 Å². The Morgan fingerprint density at radius 1 is 0.857 bits per heavy atom. The maximum Gasteiger partial charge on any atom is 0.159 e. The number of allylic oxidation sites excluding steroid dienone is 1. The molecule has 0 atom stereocenters. The maximum absolute atomic E-state index is 12.1. The molecule has 1 N–H and O–H groups in total. The fourth-order valence-corrected chi connectivity index (χ4v) is 3.49. The zero-order valence-corrected chi connectivity index (χ0v) is 15.6. The number of carbonyl (C=O) groups is 1. The van der Waals surface area contributed by atoms with E-state index in [0.29, 0.717) is 18.8 Å². The van der Waals surface area contributed by atoms with E-state index in [2.05, 4.69) is 6.07 Å². The molecule has 0 heterocycles. The summed E-state index contributed by atoms with van der Waals surface area (Å²) >= 11 is 0. The standard InChI is InChI=1S/C25H22O3/c26-22-8-4-7-21(15-22)19-13-11-18(12-14-19)17-28-25-16-23(27)9-3-6-20-5-1-2-10-24(20)25/h1-2,4-5,7-8,10-16,26H,3,6,9,17H2. The highest BCUT2D eigenvalue weighted by atomic mass is 16.5. The molecule has 0 saturated carbocycles. The lowest BCUT2D eigenvalue weighted by atomic mass is 9.96. The van der Waals surface area contributed by atoms with Crippen LogP contribution >= 0.6 is 0 Å². The Bertz CT molecular complexity index is 1020. The summed E-state index contributed by atoms with van der Waals surface area (Å²) in [5, 5.41) is 9.65. The fraction of sp³-hybridized carbons (Fsp3) is 0.160. The summed E-state index contributed by atoms with van der Waals surface area (Å²) in [6, 6.07) is 23.4. The topological polar surface area (TPSA) is 46.5 Å². The smallest absolute Gasteiger partial charge is 0.159 e. The molecule has 0 amide bonds. The Hall–Kier alpha value is -3.33. The molecule has 0 radical (unpaired) electrons. The van der Waals surface area contributed by atoms with Crippen LogP contribution in [0.15, 0.2) is 78.9 Å². The second-order valence-corrected chi connectivity index (χ2v) is 7.02. The van der Waals surface area contributed by atoms with Gasteiger partial charge in [-0.05, 0) is 47.2 Å². The summed E-state index contributed by atoms with van der Waals surface area (Å²) in [6.45, 7) is 0.397. The van der Waals surface area contributed by atoms with Gasteiger partial charge < -0.3 is 9.84 Å². The van der Waals surface area contributed by atoms with Crippen molar-refractivity contribution in [3.8, 4) is 16.9 Å². The molecule has 0 fully saturated rings. The molecule has 3 aromatic carbocycles. The minimum Gasteiger partial charge on any atom is -0.508 e. The highest BCUT2D eigenvalue weighted by molar-refractivity contribution is 5.96. The van der Waals surface area contributed by atoms with Gasteiger partial charge in [-0.15, -0.1) is 0 Å². The molecule has 0 spiro atoms. The van der Waals surface area contributed by atoms with Crippen molar-refractivity contribution in [1.82, 2.24) is 0 Å². The first-order chi connectivity index (χ1) is 13.7. The molecule has 1 aliphatic rings. The number of aromatic hydroxyl groups is 1. The van der Waals surface area contributed by atoms with Crippen molar-refractivity contribution in [1.29, 1.82) is 0 Å². The van der Waals surface area contributed by atoms with Crippen molar-refractivity contribution in [2.45, 2.75) is 25.9 Å². The number of hydrogen-bond acceptors (Lipinski definition) is 3. The third-order valence-electron chi connectivity index (χ3n) is 4.97. The van der Waals surface area contributed by atoms with Crippen molar-refractivity contribution in [2.75, 3.05) is 0 Å². The number of hydrogen-bond donors (Lipinski definition) is 1. The van der Waals surface area contributed by atoms with Crippen molar-refractivity contribution >= 4 is 11.5 Å². The monoisotopic (exact) mass is 370 g/mol. The molecule has 3 aromatic rings. The lowest BCUT2D eigenvalue weighted by Gasteiger charge is -2.17. The molecule has 0 aromatic heterocycles. The number of phenols is 1. The van der Waals surface area contributed by atoms with E-state index in [1.54, 1.807) is 18.2 Å². The fourth-order valence-electron chi connectivity index (χ4n) is 3.49. The van der Waals surface area contributed by atoms with Gasteiger partial charge in [-0.25, -0.2) is 0 Å². The van der Waals surface area contributed by atoms with Crippen LogP contribution in [-0.2, 0) is 22.6 Å². The average molecular weight is 370 g/mol. The van der Waals surface area contributed by atoms with Gasteiger partial charge in [-0.2, -0.15) is 0 Å².